The number of hydrogen-bond donors (Lipinski definition) is 0. The molecule has 6 nitrogen and oxygen atoms in total. The summed E-state index contributed by atoms with van der Waals surface area (Å²) in [5.74, 6) is -1.05. The van der Waals surface area contributed by atoms with Crippen molar-refractivity contribution >= 4 is 23.9 Å². The first-order valence-corrected chi connectivity index (χ1v) is 8.01. The van der Waals surface area contributed by atoms with Crippen molar-refractivity contribution in [3.05, 3.63) is 29.8 Å². The Labute approximate surface area is 148 Å². The molecule has 1 atom stereocenters. The number of halogens is 3. The van der Waals surface area contributed by atoms with Crippen LogP contribution in [-0.4, -0.2) is 55.8 Å². The molecule has 1 fully saturated rings. The number of hydrogen-bond acceptors (Lipinski definition) is 5. The number of methoxy groups -OCH3 is 1. The first kappa shape index (κ1) is 19.7. The number of rotatable bonds is 5. The maximum absolute atomic E-state index is 12.9. The third-order valence-corrected chi connectivity index (χ3v) is 4.23. The van der Waals surface area contributed by atoms with Crippen LogP contribution in [0.3, 0.4) is 0 Å². The Morgan fingerprint density at radius 1 is 1.31 bits per heavy atom. The van der Waals surface area contributed by atoms with Crippen LogP contribution in [0.1, 0.15) is 18.4 Å². The Morgan fingerprint density at radius 3 is 2.65 bits per heavy atom. The van der Waals surface area contributed by atoms with Crippen LogP contribution < -0.4 is 4.90 Å². The quantitative estimate of drug-likeness (QED) is 0.583. The number of benzene rings is 1. The minimum atomic E-state index is -4.45. The molecular weight excluding hydrogens is 353 g/mol. The topological polar surface area (TPSA) is 66.9 Å². The predicted octanol–water partition coefficient (Wildman–Crippen LogP) is 1.87. The lowest BCUT2D eigenvalue weighted by atomic mass is 10.1. The molecule has 1 unspecified atom stereocenters. The maximum atomic E-state index is 12.9. The zero-order valence-corrected chi connectivity index (χ0v) is 14.2. The molecule has 0 N–H and O–H groups in total. The number of alkyl halides is 3. The van der Waals surface area contributed by atoms with Crippen molar-refractivity contribution in [2.24, 2.45) is 0 Å². The molecule has 0 bridgehead atoms. The zero-order chi connectivity index (χ0) is 19.3. The first-order chi connectivity index (χ1) is 12.3. The van der Waals surface area contributed by atoms with Gasteiger partial charge in [-0.15, -0.1) is 0 Å². The Bertz CT molecular complexity index is 678. The second-order valence-electron chi connectivity index (χ2n) is 5.81. The number of ether oxygens (including phenoxy) is 1. The number of amides is 1. The standard InChI is InChI=1S/C17H19F3N2O4/c1-26-16(25)14(6-10-23)22-9-8-21(7-5-15(22)24)13-4-2-3-12(11-13)17(18,19)20/h2-4,10-11,14H,5-9H2,1H3. The molecule has 0 saturated carbocycles. The van der Waals surface area contributed by atoms with E-state index in [0.717, 1.165) is 19.2 Å². The van der Waals surface area contributed by atoms with Gasteiger partial charge in [-0.25, -0.2) is 4.79 Å². The van der Waals surface area contributed by atoms with Crippen LogP contribution in [-0.2, 0) is 25.3 Å². The van der Waals surface area contributed by atoms with E-state index in [1.165, 1.54) is 11.0 Å². The highest BCUT2D eigenvalue weighted by molar-refractivity contribution is 5.86. The number of aldehydes is 1. The molecule has 1 aromatic rings. The van der Waals surface area contributed by atoms with Crippen molar-refractivity contribution < 1.29 is 32.3 Å². The van der Waals surface area contributed by atoms with Gasteiger partial charge < -0.3 is 19.3 Å². The molecule has 1 aromatic carbocycles. The molecule has 1 amide bonds. The van der Waals surface area contributed by atoms with Gasteiger partial charge in [0.05, 0.1) is 12.7 Å². The first-order valence-electron chi connectivity index (χ1n) is 8.01. The van der Waals surface area contributed by atoms with E-state index >= 15 is 0 Å². The van der Waals surface area contributed by atoms with Gasteiger partial charge in [0.15, 0.2) is 0 Å². The molecule has 1 aliphatic heterocycles. The van der Waals surface area contributed by atoms with E-state index in [1.54, 1.807) is 11.0 Å². The van der Waals surface area contributed by atoms with Crippen LogP contribution in [0.15, 0.2) is 24.3 Å². The van der Waals surface area contributed by atoms with E-state index in [-0.39, 0.29) is 38.4 Å². The van der Waals surface area contributed by atoms with Crippen molar-refractivity contribution in [3.63, 3.8) is 0 Å². The Balaban J connectivity index is 2.19. The number of carbonyl (C=O) groups is 3. The van der Waals surface area contributed by atoms with Crippen LogP contribution in [0.25, 0.3) is 0 Å². The number of esters is 1. The molecule has 2 rings (SSSR count). The fourth-order valence-corrected chi connectivity index (χ4v) is 2.88. The van der Waals surface area contributed by atoms with Crippen LogP contribution in [0.2, 0.25) is 0 Å². The molecule has 1 aliphatic rings. The summed E-state index contributed by atoms with van der Waals surface area (Å²) in [5.41, 5.74) is -0.421. The Morgan fingerprint density at radius 2 is 2.04 bits per heavy atom. The van der Waals surface area contributed by atoms with E-state index in [0.29, 0.717) is 12.0 Å². The fourth-order valence-electron chi connectivity index (χ4n) is 2.88. The lowest BCUT2D eigenvalue weighted by molar-refractivity contribution is -0.153. The normalized spacial score (nSPS) is 16.8. The van der Waals surface area contributed by atoms with Crippen molar-refractivity contribution in [3.8, 4) is 0 Å². The largest absolute Gasteiger partial charge is 0.467 e. The Hall–Kier alpha value is -2.58. The minimum absolute atomic E-state index is 0.0165. The van der Waals surface area contributed by atoms with E-state index < -0.39 is 23.8 Å². The summed E-state index contributed by atoms with van der Waals surface area (Å²) in [7, 11) is 1.16. The van der Waals surface area contributed by atoms with Crippen molar-refractivity contribution in [1.29, 1.82) is 0 Å². The van der Waals surface area contributed by atoms with Gasteiger partial charge in [-0.1, -0.05) is 6.07 Å². The number of carbonyl (C=O) groups excluding carboxylic acids is 3. The van der Waals surface area contributed by atoms with Crippen LogP contribution >= 0.6 is 0 Å². The summed E-state index contributed by atoms with van der Waals surface area (Å²) >= 11 is 0. The monoisotopic (exact) mass is 372 g/mol. The van der Waals surface area contributed by atoms with E-state index in [2.05, 4.69) is 4.74 Å². The lowest BCUT2D eigenvalue weighted by Crippen LogP contribution is -2.46. The molecule has 0 radical (unpaired) electrons. The fraction of sp³-hybridized carbons (Fsp3) is 0.471. The van der Waals surface area contributed by atoms with Gasteiger partial charge in [0.25, 0.3) is 0 Å². The third kappa shape index (κ3) is 4.53. The molecule has 26 heavy (non-hydrogen) atoms. The van der Waals surface area contributed by atoms with Crippen LogP contribution in [0.4, 0.5) is 18.9 Å². The second kappa shape index (κ2) is 8.20. The number of nitrogens with zero attached hydrogens (tertiary/aromatic N) is 2. The van der Waals surface area contributed by atoms with E-state index in [1.807, 2.05) is 0 Å². The molecule has 0 spiro atoms. The smallest absolute Gasteiger partial charge is 0.416 e. The predicted molar refractivity (Wildman–Crippen MR) is 86.5 cm³/mol. The van der Waals surface area contributed by atoms with Gasteiger partial charge in [-0.2, -0.15) is 13.2 Å². The zero-order valence-electron chi connectivity index (χ0n) is 14.2. The lowest BCUT2D eigenvalue weighted by Gasteiger charge is -2.28. The van der Waals surface area contributed by atoms with Crippen molar-refractivity contribution in [2.45, 2.75) is 25.1 Å². The Kier molecular flexibility index (Phi) is 6.23. The maximum Gasteiger partial charge on any atom is 0.416 e. The molecule has 0 aromatic heterocycles. The van der Waals surface area contributed by atoms with Gasteiger partial charge in [-0.05, 0) is 18.2 Å². The van der Waals surface area contributed by atoms with Crippen LogP contribution in [0.5, 0.6) is 0 Å². The number of anilines is 1. The average molecular weight is 372 g/mol. The molecule has 9 heteroatoms. The SMILES string of the molecule is COC(=O)C(CC=O)N1CCN(c2cccc(C(F)(F)F)c2)CCC1=O. The summed E-state index contributed by atoms with van der Waals surface area (Å²) < 4.78 is 43.3. The van der Waals surface area contributed by atoms with Gasteiger partial charge in [0.2, 0.25) is 5.91 Å². The van der Waals surface area contributed by atoms with Crippen molar-refractivity contribution in [2.75, 3.05) is 31.6 Å². The molecular formula is C17H19F3N2O4. The van der Waals surface area contributed by atoms with E-state index in [4.69, 9.17) is 0 Å². The summed E-state index contributed by atoms with van der Waals surface area (Å²) in [5, 5.41) is 0. The minimum Gasteiger partial charge on any atom is -0.467 e. The highest BCUT2D eigenvalue weighted by Gasteiger charge is 2.34. The molecule has 0 aliphatic carbocycles. The van der Waals surface area contributed by atoms with Gasteiger partial charge in [0, 0.05) is 38.2 Å². The third-order valence-electron chi connectivity index (χ3n) is 4.23. The molecule has 1 saturated heterocycles. The summed E-state index contributed by atoms with van der Waals surface area (Å²) in [6, 6.07) is 3.84. The highest BCUT2D eigenvalue weighted by atomic mass is 19.4. The molecule has 142 valence electrons. The summed E-state index contributed by atoms with van der Waals surface area (Å²) in [4.78, 5) is 37.9. The van der Waals surface area contributed by atoms with E-state index in [9.17, 15) is 27.6 Å². The highest BCUT2D eigenvalue weighted by Crippen LogP contribution is 2.32. The van der Waals surface area contributed by atoms with Crippen LogP contribution in [0, 0.1) is 0 Å². The van der Waals surface area contributed by atoms with Gasteiger partial charge in [-0.3, -0.25) is 4.79 Å². The summed E-state index contributed by atoms with van der Waals surface area (Å²) in [6.45, 7) is 0.549. The summed E-state index contributed by atoms with van der Waals surface area (Å²) in [6.07, 6.45) is -4.10. The second-order valence-corrected chi connectivity index (χ2v) is 5.81. The van der Waals surface area contributed by atoms with Crippen molar-refractivity contribution in [1.82, 2.24) is 4.90 Å². The average Bonchev–Trinajstić information content (AvgIpc) is 2.80. The molecule has 1 heterocycles. The van der Waals surface area contributed by atoms with Gasteiger partial charge >= 0.3 is 12.1 Å². The van der Waals surface area contributed by atoms with Gasteiger partial charge in [0.1, 0.15) is 12.3 Å².